The van der Waals surface area contributed by atoms with E-state index in [1.165, 1.54) is 6.07 Å². The average molecular weight is 279 g/mol. The molecule has 0 unspecified atom stereocenters. The van der Waals surface area contributed by atoms with E-state index < -0.39 is 11.4 Å². The third kappa shape index (κ3) is 2.94. The number of benzene rings is 1. The Hall–Kier alpha value is -1.58. The van der Waals surface area contributed by atoms with Crippen molar-refractivity contribution in [3.8, 4) is 0 Å². The molecule has 0 radical (unpaired) electrons. The molecule has 1 aromatic carbocycles. The molecule has 1 aliphatic carbocycles. The van der Waals surface area contributed by atoms with Crippen molar-refractivity contribution in [2.75, 3.05) is 18.5 Å². The first kappa shape index (κ1) is 14.8. The number of halogens is 1. The molecule has 4 heteroatoms. The van der Waals surface area contributed by atoms with Gasteiger partial charge in [-0.1, -0.05) is 19.1 Å². The lowest BCUT2D eigenvalue weighted by molar-refractivity contribution is -0.150. The van der Waals surface area contributed by atoms with E-state index in [0.29, 0.717) is 31.0 Å². The highest BCUT2D eigenvalue weighted by molar-refractivity contribution is 5.76. The zero-order chi connectivity index (χ0) is 14.8. The van der Waals surface area contributed by atoms with Crippen LogP contribution in [-0.2, 0) is 4.79 Å². The van der Waals surface area contributed by atoms with Crippen molar-refractivity contribution in [3.05, 3.63) is 30.1 Å². The van der Waals surface area contributed by atoms with Crippen LogP contribution in [0.25, 0.3) is 0 Å². The molecule has 0 bridgehead atoms. The zero-order valence-corrected chi connectivity index (χ0v) is 12.1. The SMILES string of the molecule is CC1CCC(CN(C)c2ccccc2F)(C(=O)O)CC1. The Bertz CT molecular complexity index is 481. The molecule has 0 saturated heterocycles. The van der Waals surface area contributed by atoms with Crippen molar-refractivity contribution in [3.63, 3.8) is 0 Å². The van der Waals surface area contributed by atoms with Crippen LogP contribution in [0.2, 0.25) is 0 Å². The van der Waals surface area contributed by atoms with Crippen LogP contribution in [-0.4, -0.2) is 24.7 Å². The maximum atomic E-state index is 13.8. The summed E-state index contributed by atoms with van der Waals surface area (Å²) in [5.74, 6) is -0.478. The molecule has 0 spiro atoms. The summed E-state index contributed by atoms with van der Waals surface area (Å²) in [6.07, 6.45) is 3.19. The Morgan fingerprint density at radius 3 is 2.55 bits per heavy atom. The van der Waals surface area contributed by atoms with Crippen molar-refractivity contribution in [1.29, 1.82) is 0 Å². The lowest BCUT2D eigenvalue weighted by atomic mass is 9.70. The largest absolute Gasteiger partial charge is 0.481 e. The number of nitrogens with zero attached hydrogens (tertiary/aromatic N) is 1. The van der Waals surface area contributed by atoms with Crippen molar-refractivity contribution in [1.82, 2.24) is 0 Å². The molecule has 3 nitrogen and oxygen atoms in total. The molecule has 1 N–H and O–H groups in total. The number of hydrogen-bond donors (Lipinski definition) is 1. The van der Waals surface area contributed by atoms with Gasteiger partial charge in [-0.2, -0.15) is 0 Å². The van der Waals surface area contributed by atoms with Crippen LogP contribution in [0.4, 0.5) is 10.1 Å². The van der Waals surface area contributed by atoms with E-state index in [1.54, 1.807) is 30.1 Å². The number of carboxylic acids is 1. The number of carbonyl (C=O) groups is 1. The first-order chi connectivity index (χ1) is 9.44. The molecule has 0 heterocycles. The van der Waals surface area contributed by atoms with Gasteiger partial charge in [0.15, 0.2) is 0 Å². The summed E-state index contributed by atoms with van der Waals surface area (Å²) in [7, 11) is 1.77. The molecule has 1 fully saturated rings. The van der Waals surface area contributed by atoms with Gasteiger partial charge in [-0.25, -0.2) is 4.39 Å². The monoisotopic (exact) mass is 279 g/mol. The summed E-state index contributed by atoms with van der Waals surface area (Å²) in [6, 6.07) is 6.51. The quantitative estimate of drug-likeness (QED) is 0.916. The van der Waals surface area contributed by atoms with Gasteiger partial charge in [-0.05, 0) is 43.7 Å². The van der Waals surface area contributed by atoms with Crippen LogP contribution in [0.15, 0.2) is 24.3 Å². The molecule has 1 aromatic rings. The topological polar surface area (TPSA) is 40.5 Å². The fraction of sp³-hybridized carbons (Fsp3) is 0.562. The van der Waals surface area contributed by atoms with Crippen molar-refractivity contribution in [2.24, 2.45) is 11.3 Å². The normalized spacial score (nSPS) is 26.2. The summed E-state index contributed by atoms with van der Waals surface area (Å²) in [5, 5.41) is 9.62. The number of aliphatic carboxylic acids is 1. The fourth-order valence-electron chi connectivity index (χ4n) is 3.05. The van der Waals surface area contributed by atoms with Gasteiger partial charge in [-0.3, -0.25) is 4.79 Å². The molecule has 110 valence electrons. The van der Waals surface area contributed by atoms with Gasteiger partial charge in [0, 0.05) is 13.6 Å². The fourth-order valence-corrected chi connectivity index (χ4v) is 3.05. The van der Waals surface area contributed by atoms with Gasteiger partial charge in [-0.15, -0.1) is 0 Å². The van der Waals surface area contributed by atoms with E-state index >= 15 is 0 Å². The Kier molecular flexibility index (Phi) is 4.31. The number of carboxylic acid groups (broad SMARTS) is 1. The van der Waals surface area contributed by atoms with Crippen molar-refractivity contribution >= 4 is 11.7 Å². The van der Waals surface area contributed by atoms with Gasteiger partial charge in [0.05, 0.1) is 11.1 Å². The Labute approximate surface area is 119 Å². The zero-order valence-electron chi connectivity index (χ0n) is 12.1. The second-order valence-electron chi connectivity index (χ2n) is 6.08. The molecule has 0 atom stereocenters. The average Bonchev–Trinajstić information content (AvgIpc) is 2.41. The van der Waals surface area contributed by atoms with E-state index in [0.717, 1.165) is 12.8 Å². The molecule has 2 rings (SSSR count). The van der Waals surface area contributed by atoms with E-state index in [-0.39, 0.29) is 5.82 Å². The standard InChI is InChI=1S/C16H22FNO2/c1-12-7-9-16(10-8-12,15(19)20)11-18(2)14-6-4-3-5-13(14)17/h3-6,12H,7-11H2,1-2H3,(H,19,20). The van der Waals surface area contributed by atoms with Gasteiger partial charge in [0.25, 0.3) is 0 Å². The Balaban J connectivity index is 2.17. The highest BCUT2D eigenvalue weighted by Gasteiger charge is 2.42. The first-order valence-electron chi connectivity index (χ1n) is 7.14. The van der Waals surface area contributed by atoms with Crippen LogP contribution in [0.3, 0.4) is 0 Å². The second kappa shape index (κ2) is 5.81. The van der Waals surface area contributed by atoms with Crippen molar-refractivity contribution in [2.45, 2.75) is 32.6 Å². The molecule has 0 aromatic heterocycles. The summed E-state index contributed by atoms with van der Waals surface area (Å²) in [5.41, 5.74) is -0.282. The van der Waals surface area contributed by atoms with E-state index in [1.807, 2.05) is 0 Å². The highest BCUT2D eigenvalue weighted by atomic mass is 19.1. The lowest BCUT2D eigenvalue weighted by Gasteiger charge is -2.39. The minimum atomic E-state index is -0.757. The Morgan fingerprint density at radius 2 is 2.00 bits per heavy atom. The smallest absolute Gasteiger partial charge is 0.311 e. The molecular weight excluding hydrogens is 257 g/mol. The molecule has 0 aliphatic heterocycles. The number of anilines is 1. The second-order valence-corrected chi connectivity index (χ2v) is 6.08. The van der Waals surface area contributed by atoms with Crippen LogP contribution in [0, 0.1) is 17.2 Å². The number of hydrogen-bond acceptors (Lipinski definition) is 2. The van der Waals surface area contributed by atoms with E-state index in [4.69, 9.17) is 0 Å². The minimum absolute atomic E-state index is 0.306. The van der Waals surface area contributed by atoms with Crippen molar-refractivity contribution < 1.29 is 14.3 Å². The van der Waals surface area contributed by atoms with Crippen LogP contribution in [0.5, 0.6) is 0 Å². The molecule has 20 heavy (non-hydrogen) atoms. The van der Waals surface area contributed by atoms with E-state index in [2.05, 4.69) is 6.92 Å². The van der Waals surface area contributed by atoms with Gasteiger partial charge >= 0.3 is 5.97 Å². The van der Waals surface area contributed by atoms with E-state index in [9.17, 15) is 14.3 Å². The first-order valence-corrected chi connectivity index (χ1v) is 7.14. The van der Waals surface area contributed by atoms with Gasteiger partial charge < -0.3 is 10.0 Å². The molecular formula is C16H22FNO2. The maximum absolute atomic E-state index is 13.8. The predicted molar refractivity (Wildman–Crippen MR) is 77.4 cm³/mol. The summed E-state index contributed by atoms with van der Waals surface area (Å²) in [6.45, 7) is 2.52. The summed E-state index contributed by atoms with van der Waals surface area (Å²) < 4.78 is 13.8. The predicted octanol–water partition coefficient (Wildman–Crippen LogP) is 3.54. The third-order valence-corrected chi connectivity index (χ3v) is 4.49. The molecule has 1 saturated carbocycles. The van der Waals surface area contributed by atoms with Gasteiger partial charge in [0.1, 0.15) is 5.82 Å². The number of rotatable bonds is 4. The van der Waals surface area contributed by atoms with Crippen LogP contribution in [0.1, 0.15) is 32.6 Å². The number of para-hydroxylation sites is 1. The highest BCUT2D eigenvalue weighted by Crippen LogP contribution is 2.40. The molecule has 1 aliphatic rings. The molecule has 0 amide bonds. The van der Waals surface area contributed by atoms with Gasteiger partial charge in [0.2, 0.25) is 0 Å². The van der Waals surface area contributed by atoms with Crippen LogP contribution < -0.4 is 4.90 Å². The van der Waals surface area contributed by atoms with Crippen LogP contribution >= 0.6 is 0 Å². The Morgan fingerprint density at radius 1 is 1.40 bits per heavy atom. The lowest BCUT2D eigenvalue weighted by Crippen LogP contribution is -2.44. The maximum Gasteiger partial charge on any atom is 0.311 e. The summed E-state index contributed by atoms with van der Waals surface area (Å²) in [4.78, 5) is 13.4. The summed E-state index contributed by atoms with van der Waals surface area (Å²) >= 11 is 0. The minimum Gasteiger partial charge on any atom is -0.481 e. The third-order valence-electron chi connectivity index (χ3n) is 4.49.